The molecule has 2 saturated heterocycles. The molecule has 2 fully saturated rings. The van der Waals surface area contributed by atoms with Crippen LogP contribution >= 0.6 is 0 Å². The summed E-state index contributed by atoms with van der Waals surface area (Å²) in [7, 11) is 0. The number of esters is 1. The second-order valence-corrected chi connectivity index (χ2v) is 21.2. The lowest BCUT2D eigenvalue weighted by Gasteiger charge is -2.42. The lowest BCUT2D eigenvalue weighted by molar-refractivity contribution is -0.332. The van der Waals surface area contributed by atoms with Crippen molar-refractivity contribution in [2.24, 2.45) is 0 Å². The van der Waals surface area contributed by atoms with E-state index in [0.29, 0.717) is 13.0 Å². The molecule has 14 heteroatoms. The predicted molar refractivity (Wildman–Crippen MR) is 284 cm³/mol. The van der Waals surface area contributed by atoms with Gasteiger partial charge in [0, 0.05) is 13.0 Å². The molecule has 426 valence electrons. The lowest BCUT2D eigenvalue weighted by Crippen LogP contribution is -2.61. The van der Waals surface area contributed by atoms with Crippen molar-refractivity contribution in [2.45, 2.75) is 319 Å². The van der Waals surface area contributed by atoms with Gasteiger partial charge < -0.3 is 64.2 Å². The summed E-state index contributed by atoms with van der Waals surface area (Å²) >= 11 is 0. The minimum atomic E-state index is -1.70. The zero-order chi connectivity index (χ0) is 52.3. The smallest absolute Gasteiger partial charge is 0.306 e. The highest BCUT2D eigenvalue weighted by Gasteiger charge is 2.47. The lowest BCUT2D eigenvalue weighted by atomic mass is 9.98. The first-order chi connectivity index (χ1) is 35.1. The number of aliphatic hydroxyl groups is 7. The van der Waals surface area contributed by atoms with Gasteiger partial charge in [-0.05, 0) is 38.5 Å². The highest BCUT2D eigenvalue weighted by atomic mass is 16.7. The van der Waals surface area contributed by atoms with Crippen molar-refractivity contribution < 1.29 is 69.0 Å². The number of allylic oxidation sites excluding steroid dienone is 2. The van der Waals surface area contributed by atoms with Crippen LogP contribution in [0.1, 0.15) is 251 Å². The fourth-order valence-electron chi connectivity index (χ4n) is 9.69. The molecular weight excluding hydrogens is 921 g/mol. The van der Waals surface area contributed by atoms with E-state index in [0.717, 1.165) is 38.5 Å². The fraction of sp³-hybridized carbons (Fsp3) is 0.948. The van der Waals surface area contributed by atoms with Crippen LogP contribution in [-0.2, 0) is 33.2 Å². The van der Waals surface area contributed by atoms with Gasteiger partial charge in [-0.3, -0.25) is 4.79 Å². The first-order valence-electron chi connectivity index (χ1n) is 29.8. The van der Waals surface area contributed by atoms with Gasteiger partial charge in [-0.25, -0.2) is 0 Å². The largest absolute Gasteiger partial charge is 0.457 e. The number of hydrogen-bond acceptors (Lipinski definition) is 14. The Bertz CT molecular complexity index is 1240. The van der Waals surface area contributed by atoms with E-state index in [1.54, 1.807) is 0 Å². The van der Waals surface area contributed by atoms with E-state index in [9.17, 15) is 40.5 Å². The third-order valence-corrected chi connectivity index (χ3v) is 14.5. The molecule has 7 N–H and O–H groups in total. The Morgan fingerprint density at radius 3 is 1.26 bits per heavy atom. The Morgan fingerprint density at radius 2 is 0.819 bits per heavy atom. The third-order valence-electron chi connectivity index (χ3n) is 14.5. The van der Waals surface area contributed by atoms with Crippen molar-refractivity contribution in [1.29, 1.82) is 0 Å². The van der Waals surface area contributed by atoms with E-state index in [-0.39, 0.29) is 25.6 Å². The molecule has 2 aliphatic heterocycles. The van der Waals surface area contributed by atoms with Crippen LogP contribution < -0.4 is 0 Å². The van der Waals surface area contributed by atoms with Crippen molar-refractivity contribution in [3.63, 3.8) is 0 Å². The SMILES string of the molecule is CCCCCCCCCC/C=C\CCCCCCCCCCCCCCOCC(COC1OC(COC2OC(CO)C(O)C(O)C2O)C(O)C(O)C1O)OC(=O)CCCCCCCCCCCCCCCC. The molecule has 2 heterocycles. The van der Waals surface area contributed by atoms with Crippen LogP contribution in [0.5, 0.6) is 0 Å². The maximum absolute atomic E-state index is 13.0. The first-order valence-corrected chi connectivity index (χ1v) is 29.8. The van der Waals surface area contributed by atoms with Crippen LogP contribution in [0.25, 0.3) is 0 Å². The maximum Gasteiger partial charge on any atom is 0.306 e. The fourth-order valence-corrected chi connectivity index (χ4v) is 9.69. The number of rotatable bonds is 49. The zero-order valence-electron chi connectivity index (χ0n) is 45.7. The Balaban J connectivity index is 1.67. The Labute approximate surface area is 437 Å². The van der Waals surface area contributed by atoms with Gasteiger partial charge in [-0.2, -0.15) is 0 Å². The Morgan fingerprint density at radius 1 is 0.444 bits per heavy atom. The molecule has 0 saturated carbocycles. The molecule has 0 aromatic rings. The van der Waals surface area contributed by atoms with Gasteiger partial charge in [-0.1, -0.05) is 219 Å². The van der Waals surface area contributed by atoms with Gasteiger partial charge in [0.1, 0.15) is 54.9 Å². The summed E-state index contributed by atoms with van der Waals surface area (Å²) < 4.78 is 34.4. The van der Waals surface area contributed by atoms with Crippen molar-refractivity contribution >= 4 is 5.97 Å². The number of hydrogen-bond donors (Lipinski definition) is 7. The average Bonchev–Trinajstić information content (AvgIpc) is 3.38. The molecule has 2 rings (SSSR count). The van der Waals surface area contributed by atoms with Crippen LogP contribution in [0.3, 0.4) is 0 Å². The van der Waals surface area contributed by atoms with E-state index >= 15 is 0 Å². The molecular formula is C58H110O14. The number of carbonyl (C=O) groups is 1. The molecule has 2 aliphatic rings. The van der Waals surface area contributed by atoms with Gasteiger partial charge in [0.25, 0.3) is 0 Å². The highest BCUT2D eigenvalue weighted by Crippen LogP contribution is 2.27. The molecule has 11 unspecified atom stereocenters. The van der Waals surface area contributed by atoms with Crippen molar-refractivity contribution in [1.82, 2.24) is 0 Å². The summed E-state index contributed by atoms with van der Waals surface area (Å²) in [5, 5.41) is 72.3. The van der Waals surface area contributed by atoms with Crippen LogP contribution in [0, 0.1) is 0 Å². The van der Waals surface area contributed by atoms with E-state index in [4.69, 9.17) is 28.4 Å². The van der Waals surface area contributed by atoms with E-state index in [2.05, 4.69) is 26.0 Å². The monoisotopic (exact) mass is 1030 g/mol. The van der Waals surface area contributed by atoms with E-state index < -0.39 is 80.7 Å². The summed E-state index contributed by atoms with van der Waals surface area (Å²) in [6.07, 6.45) is 34.2. The zero-order valence-corrected chi connectivity index (χ0v) is 45.7. The van der Waals surface area contributed by atoms with Crippen molar-refractivity contribution in [3.05, 3.63) is 12.2 Å². The summed E-state index contributed by atoms with van der Waals surface area (Å²) in [4.78, 5) is 13.0. The van der Waals surface area contributed by atoms with E-state index in [1.165, 1.54) is 186 Å². The van der Waals surface area contributed by atoms with Gasteiger partial charge in [0.2, 0.25) is 0 Å². The minimum Gasteiger partial charge on any atom is -0.457 e. The maximum atomic E-state index is 13.0. The van der Waals surface area contributed by atoms with Gasteiger partial charge in [0.15, 0.2) is 12.6 Å². The number of aliphatic hydroxyl groups excluding tert-OH is 7. The highest BCUT2D eigenvalue weighted by molar-refractivity contribution is 5.69. The van der Waals surface area contributed by atoms with Crippen LogP contribution in [-0.4, -0.2) is 142 Å². The average molecular weight is 1030 g/mol. The van der Waals surface area contributed by atoms with Crippen molar-refractivity contribution in [2.75, 3.05) is 33.0 Å². The second kappa shape index (κ2) is 45.9. The topological polar surface area (TPSA) is 214 Å². The molecule has 14 nitrogen and oxygen atoms in total. The van der Waals surface area contributed by atoms with Crippen LogP contribution in [0.4, 0.5) is 0 Å². The third kappa shape index (κ3) is 32.3. The first kappa shape index (κ1) is 66.8. The summed E-state index contributed by atoms with van der Waals surface area (Å²) in [6.45, 7) is 3.74. The normalized spacial score (nSPS) is 25.1. The van der Waals surface area contributed by atoms with E-state index in [1.807, 2.05) is 0 Å². The van der Waals surface area contributed by atoms with Gasteiger partial charge in [0.05, 0.1) is 26.4 Å². The predicted octanol–water partition coefficient (Wildman–Crippen LogP) is 10.6. The Kier molecular flexibility index (Phi) is 42.6. The summed E-state index contributed by atoms with van der Waals surface area (Å²) in [5.41, 5.74) is 0. The molecule has 0 bridgehead atoms. The number of carbonyl (C=O) groups excluding carboxylic acids is 1. The molecule has 72 heavy (non-hydrogen) atoms. The molecule has 0 aliphatic carbocycles. The van der Waals surface area contributed by atoms with Gasteiger partial charge in [-0.15, -0.1) is 0 Å². The van der Waals surface area contributed by atoms with Crippen LogP contribution in [0.2, 0.25) is 0 Å². The number of ether oxygens (including phenoxy) is 6. The molecule has 11 atom stereocenters. The molecule has 0 amide bonds. The second-order valence-electron chi connectivity index (χ2n) is 21.2. The minimum absolute atomic E-state index is 0.0676. The van der Waals surface area contributed by atoms with Crippen molar-refractivity contribution in [3.8, 4) is 0 Å². The standard InChI is InChI=1S/C58H110O14/c1-3-5-7-9-11-13-15-17-19-20-21-22-23-24-25-26-27-28-30-32-34-36-38-40-42-67-44-47(70-50(60)41-39-37-35-33-31-29-18-16-14-12-10-8-6-4-2)45-68-57-56(66)54(64)52(62)49(72-57)46-69-58-55(65)53(63)51(61)48(43-59)71-58/h20-21,47-49,51-59,61-66H,3-19,22-46H2,1-2H3/b21-20-. The molecule has 0 aromatic carbocycles. The molecule has 0 aromatic heterocycles. The quantitative estimate of drug-likeness (QED) is 0.0172. The van der Waals surface area contributed by atoms with Crippen LogP contribution in [0.15, 0.2) is 12.2 Å². The summed E-state index contributed by atoms with van der Waals surface area (Å²) in [5.74, 6) is -0.371. The molecule has 0 spiro atoms. The van der Waals surface area contributed by atoms with Gasteiger partial charge >= 0.3 is 5.97 Å². The summed E-state index contributed by atoms with van der Waals surface area (Å²) in [6, 6.07) is 0. The number of unbranched alkanes of at least 4 members (excludes halogenated alkanes) is 33. The Hall–Kier alpha value is -1.27. The molecule has 0 radical (unpaired) electrons.